The van der Waals surface area contributed by atoms with E-state index in [0.29, 0.717) is 0 Å². The van der Waals surface area contributed by atoms with E-state index in [2.05, 4.69) is 54.4 Å². The molecule has 0 aliphatic heterocycles. The summed E-state index contributed by atoms with van der Waals surface area (Å²) in [6, 6.07) is 10.7. The number of unbranched alkanes of at least 4 members (excludes halogenated alkanes) is 4. The topological polar surface area (TPSA) is 28.7 Å². The molecular formula is C17H24N2. The van der Waals surface area contributed by atoms with Crippen LogP contribution in [0.5, 0.6) is 0 Å². The molecule has 2 rings (SSSR count). The van der Waals surface area contributed by atoms with Gasteiger partial charge < -0.3 is 0 Å². The van der Waals surface area contributed by atoms with Gasteiger partial charge in [-0.25, -0.2) is 0 Å². The summed E-state index contributed by atoms with van der Waals surface area (Å²) < 4.78 is 0. The molecule has 1 aromatic heterocycles. The van der Waals surface area contributed by atoms with Gasteiger partial charge in [0.05, 0.1) is 5.69 Å². The molecule has 0 saturated carbocycles. The van der Waals surface area contributed by atoms with Gasteiger partial charge in [0.25, 0.3) is 0 Å². The van der Waals surface area contributed by atoms with Gasteiger partial charge in [0.2, 0.25) is 0 Å². The van der Waals surface area contributed by atoms with Crippen LogP contribution in [-0.2, 0) is 6.42 Å². The van der Waals surface area contributed by atoms with Crippen molar-refractivity contribution in [3.05, 3.63) is 41.6 Å². The smallest absolute Gasteiger partial charge is 0.0923 e. The van der Waals surface area contributed by atoms with Crippen LogP contribution in [0.3, 0.4) is 0 Å². The van der Waals surface area contributed by atoms with Gasteiger partial charge >= 0.3 is 0 Å². The molecule has 0 amide bonds. The van der Waals surface area contributed by atoms with E-state index >= 15 is 0 Å². The van der Waals surface area contributed by atoms with Crippen LogP contribution >= 0.6 is 0 Å². The second-order valence-electron chi connectivity index (χ2n) is 5.31. The molecule has 1 heterocycles. The van der Waals surface area contributed by atoms with Crippen LogP contribution in [0.1, 0.15) is 50.3 Å². The number of aromatic nitrogens is 2. The van der Waals surface area contributed by atoms with E-state index in [4.69, 9.17) is 0 Å². The van der Waals surface area contributed by atoms with E-state index in [9.17, 15) is 0 Å². The fourth-order valence-electron chi connectivity index (χ4n) is 2.28. The van der Waals surface area contributed by atoms with Crippen molar-refractivity contribution in [2.75, 3.05) is 0 Å². The maximum atomic E-state index is 4.41. The van der Waals surface area contributed by atoms with Gasteiger partial charge in [-0.3, -0.25) is 5.10 Å². The second-order valence-corrected chi connectivity index (χ2v) is 5.31. The SMILES string of the molecule is CCCCCCCc1cc(-c2ccc(C)cc2)n[nH]1. The fourth-order valence-corrected chi connectivity index (χ4v) is 2.28. The highest BCUT2D eigenvalue weighted by molar-refractivity contribution is 5.59. The fraction of sp³-hybridized carbons (Fsp3) is 0.471. The van der Waals surface area contributed by atoms with Gasteiger partial charge in [-0.2, -0.15) is 5.10 Å². The third-order valence-corrected chi connectivity index (χ3v) is 3.53. The summed E-state index contributed by atoms with van der Waals surface area (Å²) in [4.78, 5) is 0. The number of nitrogens with zero attached hydrogens (tertiary/aromatic N) is 1. The van der Waals surface area contributed by atoms with Gasteiger partial charge in [0.1, 0.15) is 0 Å². The Morgan fingerprint density at radius 3 is 2.47 bits per heavy atom. The highest BCUT2D eigenvalue weighted by Crippen LogP contribution is 2.19. The van der Waals surface area contributed by atoms with Crippen molar-refractivity contribution >= 4 is 0 Å². The lowest BCUT2D eigenvalue weighted by atomic mass is 10.1. The number of aryl methyl sites for hydroxylation is 2. The molecule has 0 aliphatic carbocycles. The lowest BCUT2D eigenvalue weighted by Gasteiger charge is -1.98. The summed E-state index contributed by atoms with van der Waals surface area (Å²) in [5.41, 5.74) is 4.80. The normalized spacial score (nSPS) is 10.8. The Kier molecular flexibility index (Phi) is 5.20. The predicted molar refractivity (Wildman–Crippen MR) is 81.2 cm³/mol. The van der Waals surface area contributed by atoms with Crippen LogP contribution in [0, 0.1) is 6.92 Å². The molecule has 0 bridgehead atoms. The van der Waals surface area contributed by atoms with Gasteiger partial charge in [-0.05, 0) is 25.8 Å². The molecule has 2 nitrogen and oxygen atoms in total. The number of aromatic amines is 1. The zero-order chi connectivity index (χ0) is 13.5. The van der Waals surface area contributed by atoms with E-state index < -0.39 is 0 Å². The second kappa shape index (κ2) is 7.13. The van der Waals surface area contributed by atoms with Crippen molar-refractivity contribution in [3.8, 4) is 11.3 Å². The Morgan fingerprint density at radius 2 is 1.74 bits per heavy atom. The molecule has 0 unspecified atom stereocenters. The summed E-state index contributed by atoms with van der Waals surface area (Å²) in [6.07, 6.45) is 7.72. The van der Waals surface area contributed by atoms with Crippen LogP contribution in [0.2, 0.25) is 0 Å². The Labute approximate surface area is 116 Å². The van der Waals surface area contributed by atoms with Crippen LogP contribution < -0.4 is 0 Å². The van der Waals surface area contributed by atoms with E-state index in [0.717, 1.165) is 12.1 Å². The number of nitrogens with one attached hydrogen (secondary N) is 1. The summed E-state index contributed by atoms with van der Waals surface area (Å²) >= 11 is 0. The van der Waals surface area contributed by atoms with Crippen molar-refractivity contribution in [3.63, 3.8) is 0 Å². The highest BCUT2D eigenvalue weighted by atomic mass is 15.1. The molecule has 0 aliphatic rings. The molecule has 0 radical (unpaired) electrons. The minimum absolute atomic E-state index is 1.06. The largest absolute Gasteiger partial charge is 0.282 e. The summed E-state index contributed by atoms with van der Waals surface area (Å²) in [5.74, 6) is 0. The number of hydrogen-bond donors (Lipinski definition) is 1. The number of benzene rings is 1. The maximum absolute atomic E-state index is 4.41. The van der Waals surface area contributed by atoms with Gasteiger partial charge in [-0.15, -0.1) is 0 Å². The molecule has 1 N–H and O–H groups in total. The Bertz CT molecular complexity index is 482. The first-order chi connectivity index (χ1) is 9.29. The van der Waals surface area contributed by atoms with Crippen molar-refractivity contribution in [2.45, 2.75) is 52.4 Å². The first kappa shape index (κ1) is 13.9. The van der Waals surface area contributed by atoms with Gasteiger partial charge in [0.15, 0.2) is 0 Å². The molecular weight excluding hydrogens is 232 g/mol. The summed E-state index contributed by atoms with van der Waals surface area (Å²) in [6.45, 7) is 4.36. The molecule has 2 heteroatoms. The molecule has 0 spiro atoms. The van der Waals surface area contributed by atoms with Crippen molar-refractivity contribution in [1.29, 1.82) is 0 Å². The Balaban J connectivity index is 1.86. The van der Waals surface area contributed by atoms with Gasteiger partial charge in [-0.1, -0.05) is 62.4 Å². The van der Waals surface area contributed by atoms with E-state index in [1.807, 2.05) is 0 Å². The van der Waals surface area contributed by atoms with Gasteiger partial charge in [0, 0.05) is 11.3 Å². The number of H-pyrrole nitrogens is 1. The van der Waals surface area contributed by atoms with E-state index in [-0.39, 0.29) is 0 Å². The molecule has 102 valence electrons. The first-order valence-electron chi connectivity index (χ1n) is 7.41. The summed E-state index contributed by atoms with van der Waals surface area (Å²) in [5, 5.41) is 7.57. The maximum Gasteiger partial charge on any atom is 0.0923 e. The third-order valence-electron chi connectivity index (χ3n) is 3.53. The van der Waals surface area contributed by atoms with Crippen LogP contribution in [-0.4, -0.2) is 10.2 Å². The summed E-state index contributed by atoms with van der Waals surface area (Å²) in [7, 11) is 0. The molecule has 19 heavy (non-hydrogen) atoms. The van der Waals surface area contributed by atoms with Crippen molar-refractivity contribution in [2.24, 2.45) is 0 Å². The van der Waals surface area contributed by atoms with Crippen molar-refractivity contribution in [1.82, 2.24) is 10.2 Å². The monoisotopic (exact) mass is 256 g/mol. The molecule has 2 aromatic rings. The van der Waals surface area contributed by atoms with Crippen LogP contribution in [0.15, 0.2) is 30.3 Å². The lowest BCUT2D eigenvalue weighted by Crippen LogP contribution is -1.86. The molecule has 0 atom stereocenters. The Hall–Kier alpha value is -1.57. The average Bonchev–Trinajstić information content (AvgIpc) is 2.88. The first-order valence-corrected chi connectivity index (χ1v) is 7.41. The zero-order valence-corrected chi connectivity index (χ0v) is 12.1. The number of hydrogen-bond acceptors (Lipinski definition) is 1. The molecule has 0 saturated heterocycles. The number of rotatable bonds is 7. The third kappa shape index (κ3) is 4.23. The molecule has 1 aromatic carbocycles. The highest BCUT2D eigenvalue weighted by Gasteiger charge is 2.03. The van der Waals surface area contributed by atoms with Crippen LogP contribution in [0.25, 0.3) is 11.3 Å². The predicted octanol–water partition coefficient (Wildman–Crippen LogP) is 4.90. The zero-order valence-electron chi connectivity index (χ0n) is 12.1. The van der Waals surface area contributed by atoms with E-state index in [1.165, 1.54) is 48.9 Å². The van der Waals surface area contributed by atoms with E-state index in [1.54, 1.807) is 0 Å². The lowest BCUT2D eigenvalue weighted by molar-refractivity contribution is 0.627. The minimum atomic E-state index is 1.06. The standard InChI is InChI=1S/C17H24N2/c1-3-4-5-6-7-8-16-13-17(19-18-16)15-11-9-14(2)10-12-15/h9-13H,3-8H2,1-2H3,(H,18,19). The van der Waals surface area contributed by atoms with Crippen LogP contribution in [0.4, 0.5) is 0 Å². The average molecular weight is 256 g/mol. The minimum Gasteiger partial charge on any atom is -0.282 e. The molecule has 0 fully saturated rings. The Morgan fingerprint density at radius 1 is 1.00 bits per heavy atom. The van der Waals surface area contributed by atoms with Crippen molar-refractivity contribution < 1.29 is 0 Å². The quantitative estimate of drug-likeness (QED) is 0.701.